The zero-order valence-corrected chi connectivity index (χ0v) is 22.4. The molecule has 0 aromatic carbocycles. The minimum atomic E-state index is -1.27. The van der Waals surface area contributed by atoms with Crippen LogP contribution in [0.15, 0.2) is 9.98 Å². The Labute approximate surface area is 226 Å². The van der Waals surface area contributed by atoms with Crippen LogP contribution in [-0.4, -0.2) is 83.9 Å². The third-order valence-corrected chi connectivity index (χ3v) is 5.42. The quantitative estimate of drug-likeness (QED) is 0.0413. The van der Waals surface area contributed by atoms with Gasteiger partial charge in [0.1, 0.15) is 18.1 Å². The van der Waals surface area contributed by atoms with E-state index in [1.165, 1.54) is 0 Å². The summed E-state index contributed by atoms with van der Waals surface area (Å²) in [4.78, 5) is 68.9. The molecule has 0 saturated carbocycles. The predicted octanol–water partition coefficient (Wildman–Crippen LogP) is -4.12. The van der Waals surface area contributed by atoms with Crippen LogP contribution in [0.25, 0.3) is 0 Å². The Morgan fingerprint density at radius 3 is 1.64 bits per heavy atom. The number of nitrogens with two attached hydrogens (primary N) is 6. The molecule has 0 aliphatic heterocycles. The van der Waals surface area contributed by atoms with E-state index in [0.717, 1.165) is 0 Å². The number of nitrogens with zero attached hydrogens (tertiary/aromatic N) is 2. The van der Waals surface area contributed by atoms with E-state index in [0.29, 0.717) is 6.42 Å². The highest BCUT2D eigenvalue weighted by atomic mass is 16.4. The van der Waals surface area contributed by atoms with Gasteiger partial charge in [-0.2, -0.15) is 0 Å². The number of nitrogens with one attached hydrogen (secondary N) is 3. The standard InChI is InChI=1S/C22H43N11O6/c1-11(2)16(19(37)32-14(20(38)39)6-4-10-30-22(27)28)33-18(36)13(5-3-9-29-21(25)26)31-17(35)12(23)7-8-15(24)34/h11-14,16H,3-10,23H2,1-2H3,(H2,24,34)(H,31,35)(H,32,37)(H,33,36)(H,38,39)(H4,25,26,29)(H4,27,28,30). The zero-order chi connectivity index (χ0) is 30.1. The second-order valence-electron chi connectivity index (χ2n) is 9.20. The van der Waals surface area contributed by atoms with Crippen LogP contribution >= 0.6 is 0 Å². The summed E-state index contributed by atoms with van der Waals surface area (Å²) in [6.07, 6.45) is 0.563. The van der Waals surface area contributed by atoms with Crippen molar-refractivity contribution in [3.05, 3.63) is 0 Å². The Morgan fingerprint density at radius 2 is 1.21 bits per heavy atom. The van der Waals surface area contributed by atoms with E-state index < -0.39 is 59.7 Å². The van der Waals surface area contributed by atoms with Crippen LogP contribution in [0.2, 0.25) is 0 Å². The molecule has 0 aliphatic rings. The first kappa shape index (κ1) is 34.9. The van der Waals surface area contributed by atoms with Crippen molar-refractivity contribution < 1.29 is 29.1 Å². The third-order valence-electron chi connectivity index (χ3n) is 5.42. The van der Waals surface area contributed by atoms with Gasteiger partial charge in [-0.05, 0) is 38.0 Å². The molecule has 0 fully saturated rings. The fourth-order valence-corrected chi connectivity index (χ4v) is 3.29. The van der Waals surface area contributed by atoms with Gasteiger partial charge < -0.3 is 55.5 Å². The summed E-state index contributed by atoms with van der Waals surface area (Å²) < 4.78 is 0. The Hall–Kier alpha value is -4.15. The largest absolute Gasteiger partial charge is 0.480 e. The molecule has 17 heteroatoms. The summed E-state index contributed by atoms with van der Waals surface area (Å²) in [5, 5.41) is 17.0. The first-order chi connectivity index (χ1) is 18.1. The van der Waals surface area contributed by atoms with Crippen LogP contribution in [-0.2, 0) is 24.0 Å². The van der Waals surface area contributed by atoms with Crippen molar-refractivity contribution in [2.24, 2.45) is 50.3 Å². The molecule has 0 heterocycles. The Morgan fingerprint density at radius 1 is 0.718 bits per heavy atom. The number of rotatable bonds is 19. The number of hydrogen-bond donors (Lipinski definition) is 10. The molecule has 4 amide bonds. The maximum atomic E-state index is 13.1. The van der Waals surface area contributed by atoms with E-state index in [2.05, 4.69) is 25.9 Å². The summed E-state index contributed by atoms with van der Waals surface area (Å²) in [7, 11) is 0. The molecular weight excluding hydrogens is 514 g/mol. The van der Waals surface area contributed by atoms with Gasteiger partial charge in [-0.25, -0.2) is 4.79 Å². The summed E-state index contributed by atoms with van der Waals surface area (Å²) in [5.74, 6) is -4.75. The van der Waals surface area contributed by atoms with Crippen LogP contribution in [0, 0.1) is 5.92 Å². The van der Waals surface area contributed by atoms with Crippen molar-refractivity contribution >= 4 is 41.5 Å². The van der Waals surface area contributed by atoms with E-state index >= 15 is 0 Å². The molecule has 16 N–H and O–H groups in total. The molecule has 0 aliphatic carbocycles. The number of aliphatic carboxylic acids is 1. The zero-order valence-electron chi connectivity index (χ0n) is 22.4. The predicted molar refractivity (Wildman–Crippen MR) is 144 cm³/mol. The number of amides is 4. The molecular formula is C22H43N11O6. The van der Waals surface area contributed by atoms with Gasteiger partial charge >= 0.3 is 5.97 Å². The fourth-order valence-electron chi connectivity index (χ4n) is 3.29. The summed E-state index contributed by atoms with van der Waals surface area (Å²) >= 11 is 0. The lowest BCUT2D eigenvalue weighted by atomic mass is 10.0. The van der Waals surface area contributed by atoms with Crippen molar-refractivity contribution in [3.8, 4) is 0 Å². The summed E-state index contributed by atoms with van der Waals surface area (Å²) in [6.45, 7) is 3.66. The van der Waals surface area contributed by atoms with Crippen LogP contribution in [0.4, 0.5) is 0 Å². The van der Waals surface area contributed by atoms with E-state index in [9.17, 15) is 29.1 Å². The number of primary amides is 1. The highest BCUT2D eigenvalue weighted by Gasteiger charge is 2.31. The smallest absolute Gasteiger partial charge is 0.326 e. The molecule has 0 spiro atoms. The van der Waals surface area contributed by atoms with Gasteiger partial charge in [0.15, 0.2) is 11.9 Å². The van der Waals surface area contributed by atoms with E-state index in [1.54, 1.807) is 13.8 Å². The van der Waals surface area contributed by atoms with Crippen LogP contribution in [0.1, 0.15) is 52.4 Å². The molecule has 17 nitrogen and oxygen atoms in total. The number of hydrogen-bond acceptors (Lipinski definition) is 8. The molecule has 39 heavy (non-hydrogen) atoms. The molecule has 0 radical (unpaired) electrons. The van der Waals surface area contributed by atoms with E-state index in [4.69, 9.17) is 34.4 Å². The average molecular weight is 558 g/mol. The third kappa shape index (κ3) is 15.6. The molecule has 4 atom stereocenters. The van der Waals surface area contributed by atoms with Crippen molar-refractivity contribution in [2.75, 3.05) is 13.1 Å². The maximum Gasteiger partial charge on any atom is 0.326 e. The number of aliphatic imine (C=N–C) groups is 2. The van der Waals surface area contributed by atoms with Crippen molar-refractivity contribution in [1.82, 2.24) is 16.0 Å². The van der Waals surface area contributed by atoms with Gasteiger partial charge in [0.25, 0.3) is 0 Å². The molecule has 0 aromatic rings. The van der Waals surface area contributed by atoms with Crippen LogP contribution < -0.4 is 50.4 Å². The first-order valence-corrected chi connectivity index (χ1v) is 12.4. The lowest BCUT2D eigenvalue weighted by Gasteiger charge is -2.27. The molecule has 222 valence electrons. The highest BCUT2D eigenvalue weighted by molar-refractivity contribution is 5.94. The maximum absolute atomic E-state index is 13.1. The molecule has 0 bridgehead atoms. The lowest BCUT2D eigenvalue weighted by molar-refractivity contribution is -0.142. The van der Waals surface area contributed by atoms with E-state index in [1.807, 2.05) is 0 Å². The van der Waals surface area contributed by atoms with Gasteiger partial charge in [-0.1, -0.05) is 13.8 Å². The first-order valence-electron chi connectivity index (χ1n) is 12.4. The summed E-state index contributed by atoms with van der Waals surface area (Å²) in [5.41, 5.74) is 32.0. The average Bonchev–Trinajstić information content (AvgIpc) is 2.83. The number of carbonyl (C=O) groups is 5. The second-order valence-corrected chi connectivity index (χ2v) is 9.20. The second kappa shape index (κ2) is 18.2. The normalized spacial score (nSPS) is 13.7. The lowest BCUT2D eigenvalue weighted by Crippen LogP contribution is -2.58. The van der Waals surface area contributed by atoms with Gasteiger partial charge in [0.05, 0.1) is 6.04 Å². The Balaban J connectivity index is 5.51. The highest BCUT2D eigenvalue weighted by Crippen LogP contribution is 2.08. The molecule has 0 aromatic heterocycles. The number of carboxylic acid groups (broad SMARTS) is 1. The summed E-state index contributed by atoms with van der Waals surface area (Å²) in [6, 6.07) is -4.61. The van der Waals surface area contributed by atoms with Gasteiger partial charge in [0, 0.05) is 19.5 Å². The van der Waals surface area contributed by atoms with E-state index in [-0.39, 0.29) is 57.1 Å². The number of carboxylic acids is 1. The SMILES string of the molecule is CC(C)C(NC(=O)C(CCCN=C(N)N)NC(=O)C(N)CCC(N)=O)C(=O)NC(CCCN=C(N)N)C(=O)O. The molecule has 4 unspecified atom stereocenters. The van der Waals surface area contributed by atoms with Gasteiger partial charge in [0.2, 0.25) is 23.6 Å². The number of guanidine groups is 2. The molecule has 0 rings (SSSR count). The number of carbonyl (C=O) groups excluding carboxylic acids is 4. The van der Waals surface area contributed by atoms with Crippen molar-refractivity contribution in [1.29, 1.82) is 0 Å². The van der Waals surface area contributed by atoms with Gasteiger partial charge in [-0.3, -0.25) is 29.2 Å². The van der Waals surface area contributed by atoms with Crippen LogP contribution in [0.5, 0.6) is 0 Å². The van der Waals surface area contributed by atoms with Crippen molar-refractivity contribution in [3.63, 3.8) is 0 Å². The Kier molecular flexibility index (Phi) is 16.2. The fraction of sp³-hybridized carbons (Fsp3) is 0.682. The van der Waals surface area contributed by atoms with Gasteiger partial charge in [-0.15, -0.1) is 0 Å². The van der Waals surface area contributed by atoms with Crippen molar-refractivity contribution in [2.45, 2.75) is 76.5 Å². The minimum Gasteiger partial charge on any atom is -0.480 e. The van der Waals surface area contributed by atoms with Crippen LogP contribution in [0.3, 0.4) is 0 Å². The monoisotopic (exact) mass is 557 g/mol. The topological polar surface area (TPSA) is 323 Å². The molecule has 0 saturated heterocycles. The Bertz CT molecular complexity index is 901. The minimum absolute atomic E-state index is 0.0275.